The highest BCUT2D eigenvalue weighted by atomic mass is 35.5. The number of carbonyl (C=O) groups is 2. The highest BCUT2D eigenvalue weighted by Crippen LogP contribution is 2.35. The molecule has 2 aliphatic heterocycles. The third kappa shape index (κ3) is 4.13. The lowest BCUT2D eigenvalue weighted by molar-refractivity contribution is -0.122. The van der Waals surface area contributed by atoms with Crippen LogP contribution in [0, 0.1) is 6.92 Å². The van der Waals surface area contributed by atoms with Gasteiger partial charge in [-0.2, -0.15) is 4.31 Å². The molecule has 0 aromatic heterocycles. The summed E-state index contributed by atoms with van der Waals surface area (Å²) < 4.78 is 33.3. The fourth-order valence-corrected chi connectivity index (χ4v) is 5.68. The zero-order chi connectivity index (χ0) is 22.3. The molecule has 1 saturated heterocycles. The molecule has 0 aliphatic carbocycles. The molecule has 0 unspecified atom stereocenters. The minimum Gasteiger partial charge on any atom is -0.479 e. The summed E-state index contributed by atoms with van der Waals surface area (Å²) in [6.07, 6.45) is 0.299. The van der Waals surface area contributed by atoms with Gasteiger partial charge in [-0.25, -0.2) is 8.42 Å². The Labute approximate surface area is 185 Å². The number of halogens is 1. The summed E-state index contributed by atoms with van der Waals surface area (Å²) in [6, 6.07) is 8.66. The lowest BCUT2D eigenvalue weighted by Crippen LogP contribution is -2.43. The van der Waals surface area contributed by atoms with Gasteiger partial charge in [-0.3, -0.25) is 9.59 Å². The maximum absolute atomic E-state index is 13.3. The Kier molecular flexibility index (Phi) is 5.67. The fraction of sp³-hybridized carbons (Fsp3) is 0.333. The minimum absolute atomic E-state index is 0.0160. The van der Waals surface area contributed by atoms with Crippen LogP contribution >= 0.6 is 11.6 Å². The Morgan fingerprint density at radius 1 is 1.26 bits per heavy atom. The van der Waals surface area contributed by atoms with Crippen molar-refractivity contribution in [2.45, 2.75) is 43.7 Å². The first-order chi connectivity index (χ1) is 14.7. The van der Waals surface area contributed by atoms with Crippen LogP contribution in [0.25, 0.3) is 0 Å². The van der Waals surface area contributed by atoms with E-state index in [1.807, 2.05) is 13.0 Å². The predicted octanol–water partition coefficient (Wildman–Crippen LogP) is 3.16. The molecule has 0 bridgehead atoms. The van der Waals surface area contributed by atoms with Crippen molar-refractivity contribution in [3.8, 4) is 5.75 Å². The maximum Gasteiger partial charge on any atom is 0.265 e. The Balaban J connectivity index is 1.58. The second-order valence-corrected chi connectivity index (χ2v) is 9.95. The average molecular weight is 464 g/mol. The molecule has 10 heteroatoms. The van der Waals surface area contributed by atoms with Crippen LogP contribution in [-0.2, 0) is 19.6 Å². The van der Waals surface area contributed by atoms with Gasteiger partial charge in [0.05, 0.1) is 21.3 Å². The molecule has 2 atom stereocenters. The van der Waals surface area contributed by atoms with Crippen LogP contribution in [-0.4, -0.2) is 43.2 Å². The third-order valence-electron chi connectivity index (χ3n) is 5.38. The minimum atomic E-state index is -3.97. The second kappa shape index (κ2) is 8.14. The summed E-state index contributed by atoms with van der Waals surface area (Å²) in [6.45, 7) is 3.71. The van der Waals surface area contributed by atoms with Gasteiger partial charge in [0.2, 0.25) is 15.9 Å². The van der Waals surface area contributed by atoms with E-state index in [-0.39, 0.29) is 23.0 Å². The van der Waals surface area contributed by atoms with Gasteiger partial charge >= 0.3 is 0 Å². The van der Waals surface area contributed by atoms with Gasteiger partial charge in [-0.1, -0.05) is 17.7 Å². The lowest BCUT2D eigenvalue weighted by Gasteiger charge is -2.26. The summed E-state index contributed by atoms with van der Waals surface area (Å²) in [4.78, 5) is 24.8. The van der Waals surface area contributed by atoms with Gasteiger partial charge in [-0.05, 0) is 62.6 Å². The molecular weight excluding hydrogens is 442 g/mol. The predicted molar refractivity (Wildman–Crippen MR) is 117 cm³/mol. The van der Waals surface area contributed by atoms with E-state index in [0.717, 1.165) is 5.56 Å². The van der Waals surface area contributed by atoms with Gasteiger partial charge in [0.1, 0.15) is 11.8 Å². The van der Waals surface area contributed by atoms with E-state index in [9.17, 15) is 18.0 Å². The number of rotatable bonds is 4. The van der Waals surface area contributed by atoms with Crippen molar-refractivity contribution in [3.63, 3.8) is 0 Å². The largest absolute Gasteiger partial charge is 0.479 e. The first-order valence-electron chi connectivity index (χ1n) is 9.87. The van der Waals surface area contributed by atoms with Crippen molar-refractivity contribution in [1.29, 1.82) is 0 Å². The normalized spacial score (nSPS) is 21.2. The standard InChI is InChI=1S/C21H22ClN3O5S/c1-12-5-7-16(15(22)10-12)23-21(27)18-4-3-9-25(18)31(28,29)14-6-8-19-17(11-14)24-20(26)13(2)30-19/h5-8,10-11,13,18H,3-4,9H2,1-2H3,(H,23,27)(H,24,26)/t13-,18+/m1/s1. The number of aryl methyl sites for hydroxylation is 1. The molecule has 2 heterocycles. The number of nitrogens with one attached hydrogen (secondary N) is 2. The zero-order valence-corrected chi connectivity index (χ0v) is 18.6. The molecule has 2 aromatic carbocycles. The van der Waals surface area contributed by atoms with E-state index < -0.39 is 28.1 Å². The third-order valence-corrected chi connectivity index (χ3v) is 7.59. The van der Waals surface area contributed by atoms with E-state index in [0.29, 0.717) is 29.3 Å². The molecule has 0 saturated carbocycles. The van der Waals surface area contributed by atoms with Gasteiger partial charge in [0, 0.05) is 6.54 Å². The Morgan fingerprint density at radius 2 is 2.03 bits per heavy atom. The maximum atomic E-state index is 13.3. The number of fused-ring (bicyclic) bond motifs is 1. The number of carbonyl (C=O) groups excluding carboxylic acids is 2. The van der Waals surface area contributed by atoms with Crippen LogP contribution < -0.4 is 15.4 Å². The van der Waals surface area contributed by atoms with Crippen molar-refractivity contribution >= 4 is 44.8 Å². The SMILES string of the molecule is Cc1ccc(NC(=O)[C@@H]2CCCN2S(=O)(=O)c2ccc3c(c2)NC(=O)[C@@H](C)O3)c(Cl)c1. The number of nitrogens with zero attached hydrogens (tertiary/aromatic N) is 1. The Hall–Kier alpha value is -2.62. The van der Waals surface area contributed by atoms with Crippen LogP contribution in [0.5, 0.6) is 5.75 Å². The average Bonchev–Trinajstić information content (AvgIpc) is 3.21. The lowest BCUT2D eigenvalue weighted by atomic mass is 10.2. The molecule has 2 amide bonds. The number of ether oxygens (including phenoxy) is 1. The van der Waals surface area contributed by atoms with Crippen LogP contribution in [0.3, 0.4) is 0 Å². The summed E-state index contributed by atoms with van der Waals surface area (Å²) in [5.74, 6) is -0.388. The monoisotopic (exact) mass is 463 g/mol. The number of hydrogen-bond acceptors (Lipinski definition) is 5. The topological polar surface area (TPSA) is 105 Å². The first-order valence-corrected chi connectivity index (χ1v) is 11.7. The summed E-state index contributed by atoms with van der Waals surface area (Å²) in [5, 5.41) is 5.78. The number of hydrogen-bond donors (Lipinski definition) is 2. The van der Waals surface area contributed by atoms with Crippen molar-refractivity contribution in [3.05, 3.63) is 47.0 Å². The molecule has 2 aromatic rings. The molecule has 0 radical (unpaired) electrons. The van der Waals surface area contributed by atoms with Crippen LogP contribution in [0.2, 0.25) is 5.02 Å². The number of anilines is 2. The number of amides is 2. The molecule has 164 valence electrons. The number of benzene rings is 2. The van der Waals surface area contributed by atoms with Gasteiger partial charge < -0.3 is 15.4 Å². The first kappa shape index (κ1) is 21.6. The highest BCUT2D eigenvalue weighted by molar-refractivity contribution is 7.89. The van der Waals surface area contributed by atoms with Gasteiger partial charge in [-0.15, -0.1) is 0 Å². The van der Waals surface area contributed by atoms with Crippen molar-refractivity contribution < 1.29 is 22.7 Å². The van der Waals surface area contributed by atoms with Gasteiger partial charge in [0.15, 0.2) is 6.10 Å². The summed E-state index contributed by atoms with van der Waals surface area (Å²) in [5.41, 5.74) is 1.67. The van der Waals surface area contributed by atoms with Crippen LogP contribution in [0.4, 0.5) is 11.4 Å². The molecule has 4 rings (SSSR count). The molecule has 8 nitrogen and oxygen atoms in total. The highest BCUT2D eigenvalue weighted by Gasteiger charge is 2.40. The van der Waals surface area contributed by atoms with Crippen LogP contribution in [0.15, 0.2) is 41.3 Å². The Morgan fingerprint density at radius 3 is 2.77 bits per heavy atom. The van der Waals surface area contributed by atoms with E-state index in [4.69, 9.17) is 16.3 Å². The Bertz CT molecular complexity index is 1170. The molecule has 0 spiro atoms. The van der Waals surface area contributed by atoms with E-state index in [2.05, 4.69) is 10.6 Å². The molecular formula is C21H22ClN3O5S. The van der Waals surface area contributed by atoms with Gasteiger partial charge in [0.25, 0.3) is 5.91 Å². The van der Waals surface area contributed by atoms with Crippen LogP contribution in [0.1, 0.15) is 25.3 Å². The zero-order valence-electron chi connectivity index (χ0n) is 17.0. The van der Waals surface area contributed by atoms with Crippen molar-refractivity contribution in [2.75, 3.05) is 17.2 Å². The number of sulfonamides is 1. The van der Waals surface area contributed by atoms with E-state index in [1.165, 1.54) is 22.5 Å². The molecule has 2 N–H and O–H groups in total. The molecule has 1 fully saturated rings. The van der Waals surface area contributed by atoms with E-state index >= 15 is 0 Å². The summed E-state index contributed by atoms with van der Waals surface area (Å²) in [7, 11) is -3.97. The van der Waals surface area contributed by atoms with Crippen molar-refractivity contribution in [2.24, 2.45) is 0 Å². The van der Waals surface area contributed by atoms with Crippen molar-refractivity contribution in [1.82, 2.24) is 4.31 Å². The fourth-order valence-electron chi connectivity index (χ4n) is 3.71. The molecule has 2 aliphatic rings. The molecule has 31 heavy (non-hydrogen) atoms. The quantitative estimate of drug-likeness (QED) is 0.724. The smallest absolute Gasteiger partial charge is 0.265 e. The van der Waals surface area contributed by atoms with E-state index in [1.54, 1.807) is 19.1 Å². The summed E-state index contributed by atoms with van der Waals surface area (Å²) >= 11 is 6.20. The second-order valence-electron chi connectivity index (χ2n) is 7.65.